The number of pyridine rings is 1. The van der Waals surface area contributed by atoms with Gasteiger partial charge in [-0.15, -0.1) is 11.8 Å². The van der Waals surface area contributed by atoms with Crippen LogP contribution >= 0.6 is 11.8 Å². The molecule has 1 unspecified atom stereocenters. The molecule has 0 bridgehead atoms. The number of fused-ring (bicyclic) bond motifs is 1. The summed E-state index contributed by atoms with van der Waals surface area (Å²) < 4.78 is 0. The van der Waals surface area contributed by atoms with Crippen LogP contribution in [-0.2, 0) is 6.42 Å². The van der Waals surface area contributed by atoms with Crippen LogP contribution in [0.5, 0.6) is 0 Å². The second kappa shape index (κ2) is 7.25. The smallest absolute Gasteiger partial charge is 0.255 e. The largest absolute Gasteiger partial charge is 0.322 e. The van der Waals surface area contributed by atoms with Gasteiger partial charge in [0.2, 0.25) is 0 Å². The normalized spacial score (nSPS) is 16.9. The van der Waals surface area contributed by atoms with Gasteiger partial charge in [0.15, 0.2) is 0 Å². The molecule has 1 aliphatic rings. The molecular weight excluding hydrogens is 330 g/mol. The Labute approximate surface area is 151 Å². The molecule has 0 radical (unpaired) electrons. The van der Waals surface area contributed by atoms with Crippen LogP contribution in [0.4, 0.5) is 5.69 Å². The van der Waals surface area contributed by atoms with Crippen molar-refractivity contribution in [3.05, 3.63) is 71.9 Å². The van der Waals surface area contributed by atoms with Crippen LogP contribution in [0.3, 0.4) is 0 Å². The molecule has 1 amide bonds. The zero-order chi connectivity index (χ0) is 17.1. The van der Waals surface area contributed by atoms with Gasteiger partial charge in [0.25, 0.3) is 5.91 Å². The Bertz CT molecular complexity index is 892. The van der Waals surface area contributed by atoms with Crippen LogP contribution in [0.25, 0.3) is 10.9 Å². The van der Waals surface area contributed by atoms with E-state index >= 15 is 0 Å². The second-order valence-corrected chi connectivity index (χ2v) is 7.45. The van der Waals surface area contributed by atoms with Gasteiger partial charge in [-0.05, 0) is 42.3 Å². The zero-order valence-electron chi connectivity index (χ0n) is 13.7. The minimum atomic E-state index is -0.118. The highest BCUT2D eigenvalue weighted by molar-refractivity contribution is 8.00. The highest BCUT2D eigenvalue weighted by atomic mass is 32.2. The van der Waals surface area contributed by atoms with Gasteiger partial charge in [0.1, 0.15) is 0 Å². The molecule has 2 N–H and O–H groups in total. The number of nitrogens with zero attached hydrogens (tertiary/aromatic N) is 1. The Balaban J connectivity index is 1.52. The van der Waals surface area contributed by atoms with E-state index in [1.165, 1.54) is 5.56 Å². The Morgan fingerprint density at radius 2 is 2.08 bits per heavy atom. The summed E-state index contributed by atoms with van der Waals surface area (Å²) in [4.78, 5) is 17.0. The van der Waals surface area contributed by atoms with Gasteiger partial charge in [-0.3, -0.25) is 9.78 Å². The van der Waals surface area contributed by atoms with E-state index < -0.39 is 0 Å². The summed E-state index contributed by atoms with van der Waals surface area (Å²) in [7, 11) is 0. The number of aromatic nitrogens is 1. The van der Waals surface area contributed by atoms with Crippen molar-refractivity contribution in [3.63, 3.8) is 0 Å². The van der Waals surface area contributed by atoms with Crippen molar-refractivity contribution in [3.8, 4) is 0 Å². The fraction of sp³-hybridized carbons (Fsp3) is 0.200. The number of benzene rings is 2. The van der Waals surface area contributed by atoms with Crippen LogP contribution in [0.15, 0.2) is 60.8 Å². The lowest BCUT2D eigenvalue weighted by molar-refractivity contribution is 0.102. The topological polar surface area (TPSA) is 54.0 Å². The Morgan fingerprint density at radius 1 is 1.20 bits per heavy atom. The van der Waals surface area contributed by atoms with Gasteiger partial charge in [-0.25, -0.2) is 0 Å². The summed E-state index contributed by atoms with van der Waals surface area (Å²) >= 11 is 1.96. The number of para-hydroxylation sites is 1. The Morgan fingerprint density at radius 3 is 2.88 bits per heavy atom. The number of rotatable bonds is 4. The lowest BCUT2D eigenvalue weighted by Crippen LogP contribution is -2.14. The molecule has 4 nitrogen and oxygen atoms in total. The Kier molecular flexibility index (Phi) is 4.68. The number of hydrogen-bond acceptors (Lipinski definition) is 4. The molecule has 0 aliphatic carbocycles. The van der Waals surface area contributed by atoms with E-state index in [2.05, 4.69) is 21.7 Å². The molecular formula is C20H19N3OS. The zero-order valence-corrected chi connectivity index (χ0v) is 14.6. The quantitative estimate of drug-likeness (QED) is 0.754. The van der Waals surface area contributed by atoms with Crippen LogP contribution in [0.2, 0.25) is 0 Å². The first-order valence-electron chi connectivity index (χ1n) is 8.35. The van der Waals surface area contributed by atoms with Crippen molar-refractivity contribution in [2.75, 3.05) is 17.7 Å². The summed E-state index contributed by atoms with van der Waals surface area (Å²) in [5.41, 5.74) is 3.50. The number of amides is 1. The molecule has 1 aromatic heterocycles. The minimum absolute atomic E-state index is 0.118. The molecule has 25 heavy (non-hydrogen) atoms. The van der Waals surface area contributed by atoms with Crippen LogP contribution < -0.4 is 10.6 Å². The van der Waals surface area contributed by atoms with Gasteiger partial charge >= 0.3 is 0 Å². The number of hydrogen-bond donors (Lipinski definition) is 2. The molecule has 5 heteroatoms. The molecule has 0 saturated carbocycles. The van der Waals surface area contributed by atoms with E-state index in [4.69, 9.17) is 0 Å². The van der Waals surface area contributed by atoms with Gasteiger partial charge in [-0.2, -0.15) is 0 Å². The molecule has 1 saturated heterocycles. The van der Waals surface area contributed by atoms with E-state index in [1.807, 2.05) is 66.5 Å². The van der Waals surface area contributed by atoms with E-state index in [0.717, 1.165) is 35.4 Å². The summed E-state index contributed by atoms with van der Waals surface area (Å²) in [5, 5.41) is 7.97. The highest BCUT2D eigenvalue weighted by Crippen LogP contribution is 2.22. The maximum atomic E-state index is 12.4. The molecule has 4 rings (SSSR count). The van der Waals surface area contributed by atoms with E-state index in [1.54, 1.807) is 0 Å². The number of nitrogens with one attached hydrogen (secondary N) is 2. The fourth-order valence-electron chi connectivity index (χ4n) is 2.99. The molecule has 0 spiro atoms. The van der Waals surface area contributed by atoms with Gasteiger partial charge in [-0.1, -0.05) is 24.3 Å². The molecule has 3 aromatic rings. The molecule has 126 valence electrons. The summed E-state index contributed by atoms with van der Waals surface area (Å²) in [6, 6.07) is 17.3. The number of carbonyl (C=O) groups is 1. The van der Waals surface area contributed by atoms with Crippen molar-refractivity contribution >= 4 is 34.3 Å². The van der Waals surface area contributed by atoms with Crippen LogP contribution in [-0.4, -0.2) is 28.6 Å². The average molecular weight is 349 g/mol. The first-order chi connectivity index (χ1) is 12.3. The van der Waals surface area contributed by atoms with Crippen molar-refractivity contribution in [1.29, 1.82) is 0 Å². The van der Waals surface area contributed by atoms with Gasteiger partial charge in [0, 0.05) is 40.5 Å². The average Bonchev–Trinajstić information content (AvgIpc) is 3.15. The van der Waals surface area contributed by atoms with Crippen LogP contribution in [0.1, 0.15) is 15.9 Å². The van der Waals surface area contributed by atoms with Crippen LogP contribution in [0, 0.1) is 0 Å². The van der Waals surface area contributed by atoms with Crippen molar-refractivity contribution < 1.29 is 4.79 Å². The summed E-state index contributed by atoms with van der Waals surface area (Å²) in [5.74, 6) is 0.915. The first-order valence-corrected chi connectivity index (χ1v) is 9.40. The van der Waals surface area contributed by atoms with Crippen molar-refractivity contribution in [2.45, 2.75) is 11.7 Å². The summed E-state index contributed by atoms with van der Waals surface area (Å²) in [6.07, 6.45) is 2.96. The third-order valence-corrected chi connectivity index (χ3v) is 5.47. The lowest BCUT2D eigenvalue weighted by Gasteiger charge is -2.09. The maximum Gasteiger partial charge on any atom is 0.255 e. The molecule has 2 aromatic carbocycles. The predicted octanol–water partition coefficient (Wildman–Crippen LogP) is 3.69. The first kappa shape index (κ1) is 16.1. The minimum Gasteiger partial charge on any atom is -0.322 e. The highest BCUT2D eigenvalue weighted by Gasteiger charge is 2.16. The van der Waals surface area contributed by atoms with E-state index in [-0.39, 0.29) is 5.91 Å². The fourth-order valence-corrected chi connectivity index (χ4v) is 4.01. The molecule has 1 aliphatic heterocycles. The lowest BCUT2D eigenvalue weighted by atomic mass is 10.1. The molecule has 2 heterocycles. The number of anilines is 1. The Hall–Kier alpha value is -2.37. The monoisotopic (exact) mass is 349 g/mol. The number of carbonyl (C=O) groups excluding carboxylic acids is 1. The molecule has 1 atom stereocenters. The van der Waals surface area contributed by atoms with Gasteiger partial charge < -0.3 is 10.6 Å². The van der Waals surface area contributed by atoms with Crippen molar-refractivity contribution in [1.82, 2.24) is 10.3 Å². The predicted molar refractivity (Wildman–Crippen MR) is 104 cm³/mol. The van der Waals surface area contributed by atoms with Crippen molar-refractivity contribution in [2.24, 2.45) is 0 Å². The SMILES string of the molecule is O=C(Nc1ccccc1)c1ccc2cc(CC3CNCS3)cnc2c1. The molecule has 1 fully saturated rings. The van der Waals surface area contributed by atoms with E-state index in [9.17, 15) is 4.79 Å². The standard InChI is InChI=1S/C20H19N3OS/c24-20(23-17-4-2-1-3-5-17)16-7-6-15-8-14(11-22-19(15)10-16)9-18-12-21-13-25-18/h1-8,10-11,18,21H,9,12-13H2,(H,23,24). The maximum absolute atomic E-state index is 12.4. The second-order valence-electron chi connectivity index (χ2n) is 6.16. The summed E-state index contributed by atoms with van der Waals surface area (Å²) in [6.45, 7) is 1.06. The third-order valence-electron chi connectivity index (χ3n) is 4.29. The number of thioether (sulfide) groups is 1. The van der Waals surface area contributed by atoms with E-state index in [0.29, 0.717) is 10.8 Å². The third kappa shape index (κ3) is 3.83. The van der Waals surface area contributed by atoms with Gasteiger partial charge in [0.05, 0.1) is 5.52 Å².